The second-order valence-corrected chi connectivity index (χ2v) is 7.84. The van der Waals surface area contributed by atoms with E-state index >= 15 is 0 Å². The summed E-state index contributed by atoms with van der Waals surface area (Å²) in [7, 11) is 0. The first-order valence-corrected chi connectivity index (χ1v) is 9.52. The standard InChI is InChI=1S/C20H23N5O3/c1-13-11-18(22-14(2)21-13)23-19(26)16-4-3-15(25(27)28)12-17(16)24-9-7-20(5-6-20)8-10-24/h3-4,11-12H,5-10H2,1-2H3,(H,21,22,23,26). The van der Waals surface area contributed by atoms with E-state index in [1.54, 1.807) is 13.0 Å². The molecule has 0 unspecified atom stereocenters. The van der Waals surface area contributed by atoms with Crippen molar-refractivity contribution in [3.05, 3.63) is 51.5 Å². The van der Waals surface area contributed by atoms with E-state index in [2.05, 4.69) is 20.2 Å². The van der Waals surface area contributed by atoms with Crippen molar-refractivity contribution in [2.24, 2.45) is 5.41 Å². The number of anilines is 2. The Hall–Kier alpha value is -3.03. The summed E-state index contributed by atoms with van der Waals surface area (Å²) in [4.78, 5) is 34.4. The van der Waals surface area contributed by atoms with Gasteiger partial charge in [-0.1, -0.05) is 0 Å². The van der Waals surface area contributed by atoms with E-state index in [-0.39, 0.29) is 11.6 Å². The second-order valence-electron chi connectivity index (χ2n) is 7.84. The molecule has 8 nitrogen and oxygen atoms in total. The third-order valence-corrected chi connectivity index (χ3v) is 5.77. The van der Waals surface area contributed by atoms with Crippen molar-refractivity contribution in [2.75, 3.05) is 23.3 Å². The lowest BCUT2D eigenvalue weighted by atomic mass is 9.93. The minimum absolute atomic E-state index is 0.00742. The van der Waals surface area contributed by atoms with Crippen LogP contribution in [0.15, 0.2) is 24.3 Å². The van der Waals surface area contributed by atoms with E-state index in [4.69, 9.17) is 0 Å². The van der Waals surface area contributed by atoms with Gasteiger partial charge in [0.2, 0.25) is 0 Å². The number of amides is 1. The van der Waals surface area contributed by atoms with Gasteiger partial charge in [0, 0.05) is 37.0 Å². The molecule has 1 aliphatic carbocycles. The van der Waals surface area contributed by atoms with Crippen LogP contribution in [-0.2, 0) is 0 Å². The number of nitrogens with one attached hydrogen (secondary N) is 1. The lowest BCUT2D eigenvalue weighted by Crippen LogP contribution is -2.35. The monoisotopic (exact) mass is 381 g/mol. The van der Waals surface area contributed by atoms with Crippen molar-refractivity contribution in [2.45, 2.75) is 39.5 Å². The van der Waals surface area contributed by atoms with Gasteiger partial charge in [0.25, 0.3) is 11.6 Å². The van der Waals surface area contributed by atoms with Gasteiger partial charge in [-0.25, -0.2) is 9.97 Å². The van der Waals surface area contributed by atoms with Gasteiger partial charge in [-0.3, -0.25) is 14.9 Å². The number of piperidine rings is 1. The summed E-state index contributed by atoms with van der Waals surface area (Å²) in [6.07, 6.45) is 4.69. The molecule has 4 rings (SSSR count). The van der Waals surface area contributed by atoms with Crippen LogP contribution in [0.4, 0.5) is 17.2 Å². The molecule has 146 valence electrons. The van der Waals surface area contributed by atoms with Crippen LogP contribution < -0.4 is 10.2 Å². The molecule has 1 saturated heterocycles. The van der Waals surface area contributed by atoms with Crippen LogP contribution in [0.5, 0.6) is 0 Å². The van der Waals surface area contributed by atoms with Crippen LogP contribution in [0, 0.1) is 29.4 Å². The van der Waals surface area contributed by atoms with Gasteiger partial charge in [-0.05, 0) is 51.0 Å². The zero-order valence-corrected chi connectivity index (χ0v) is 16.1. The number of carbonyl (C=O) groups excluding carboxylic acids is 1. The number of non-ortho nitro benzene ring substituents is 1. The first-order valence-electron chi connectivity index (χ1n) is 9.52. The van der Waals surface area contributed by atoms with E-state index in [1.165, 1.54) is 31.0 Å². The number of nitrogens with zero attached hydrogens (tertiary/aromatic N) is 4. The topological polar surface area (TPSA) is 101 Å². The Morgan fingerprint density at radius 3 is 2.46 bits per heavy atom. The number of benzene rings is 1. The van der Waals surface area contributed by atoms with Crippen molar-refractivity contribution in [3.63, 3.8) is 0 Å². The Morgan fingerprint density at radius 1 is 1.14 bits per heavy atom. The van der Waals surface area contributed by atoms with Crippen molar-refractivity contribution in [3.8, 4) is 0 Å². The largest absolute Gasteiger partial charge is 0.371 e. The number of aromatic nitrogens is 2. The molecular formula is C20H23N5O3. The molecular weight excluding hydrogens is 358 g/mol. The fraction of sp³-hybridized carbons (Fsp3) is 0.450. The molecule has 1 spiro atoms. The first kappa shape index (κ1) is 18.3. The molecule has 2 aliphatic rings. The third kappa shape index (κ3) is 3.67. The minimum Gasteiger partial charge on any atom is -0.371 e. The average Bonchev–Trinajstić information content (AvgIpc) is 3.40. The summed E-state index contributed by atoms with van der Waals surface area (Å²) >= 11 is 0. The Bertz CT molecular complexity index is 925. The Labute approximate surface area is 163 Å². The minimum atomic E-state index is -0.422. The molecule has 2 aromatic rings. The van der Waals surface area contributed by atoms with Gasteiger partial charge >= 0.3 is 0 Å². The third-order valence-electron chi connectivity index (χ3n) is 5.77. The van der Waals surface area contributed by atoms with Crippen LogP contribution in [0.3, 0.4) is 0 Å². The summed E-state index contributed by atoms with van der Waals surface area (Å²) in [5.74, 6) is 0.675. The van der Waals surface area contributed by atoms with Crippen molar-refractivity contribution >= 4 is 23.1 Å². The van der Waals surface area contributed by atoms with E-state index < -0.39 is 4.92 Å². The SMILES string of the molecule is Cc1cc(NC(=O)c2ccc([N+](=O)[O-])cc2N2CCC3(CC2)CC3)nc(C)n1. The molecule has 1 N–H and O–H groups in total. The highest BCUT2D eigenvalue weighted by Crippen LogP contribution is 2.54. The zero-order chi connectivity index (χ0) is 19.9. The fourth-order valence-corrected chi connectivity index (χ4v) is 3.95. The first-order chi connectivity index (χ1) is 13.3. The molecule has 0 bridgehead atoms. The number of hydrogen-bond acceptors (Lipinski definition) is 6. The molecule has 1 aliphatic heterocycles. The van der Waals surface area contributed by atoms with E-state index in [1.807, 2.05) is 6.92 Å². The highest BCUT2D eigenvalue weighted by molar-refractivity contribution is 6.08. The van der Waals surface area contributed by atoms with Crippen LogP contribution in [0.25, 0.3) is 0 Å². The van der Waals surface area contributed by atoms with E-state index in [0.717, 1.165) is 31.6 Å². The lowest BCUT2D eigenvalue weighted by molar-refractivity contribution is -0.384. The molecule has 28 heavy (non-hydrogen) atoms. The van der Waals surface area contributed by atoms with Gasteiger partial charge in [0.05, 0.1) is 16.2 Å². The smallest absolute Gasteiger partial charge is 0.271 e. The highest BCUT2D eigenvalue weighted by atomic mass is 16.6. The van der Waals surface area contributed by atoms with Crippen LogP contribution in [-0.4, -0.2) is 33.9 Å². The zero-order valence-electron chi connectivity index (χ0n) is 16.1. The molecule has 1 amide bonds. The second kappa shape index (κ2) is 6.85. The summed E-state index contributed by atoms with van der Waals surface area (Å²) in [6, 6.07) is 6.12. The van der Waals surface area contributed by atoms with Gasteiger partial charge in [-0.2, -0.15) is 0 Å². The predicted molar refractivity (Wildman–Crippen MR) is 106 cm³/mol. The van der Waals surface area contributed by atoms with Crippen molar-refractivity contribution in [1.82, 2.24) is 9.97 Å². The number of carbonyl (C=O) groups is 1. The van der Waals surface area contributed by atoms with Crippen LogP contribution in [0.1, 0.15) is 47.6 Å². The molecule has 1 aromatic carbocycles. The number of nitro groups is 1. The maximum absolute atomic E-state index is 13.0. The molecule has 1 saturated carbocycles. The van der Waals surface area contributed by atoms with Crippen LogP contribution >= 0.6 is 0 Å². The average molecular weight is 381 g/mol. The highest BCUT2D eigenvalue weighted by Gasteiger charge is 2.44. The van der Waals surface area contributed by atoms with Crippen molar-refractivity contribution < 1.29 is 9.72 Å². The van der Waals surface area contributed by atoms with E-state index in [9.17, 15) is 14.9 Å². The van der Waals surface area contributed by atoms with Gasteiger partial charge in [-0.15, -0.1) is 0 Å². The number of aryl methyl sites for hydroxylation is 2. The summed E-state index contributed by atoms with van der Waals surface area (Å²) in [5.41, 5.74) is 2.27. The predicted octanol–water partition coefficient (Wildman–Crippen LogP) is 3.63. The van der Waals surface area contributed by atoms with Gasteiger partial charge in [0.15, 0.2) is 0 Å². The fourth-order valence-electron chi connectivity index (χ4n) is 3.95. The summed E-state index contributed by atoms with van der Waals surface area (Å²) < 4.78 is 0. The molecule has 1 aromatic heterocycles. The number of hydrogen-bond donors (Lipinski definition) is 1. The number of rotatable bonds is 4. The maximum Gasteiger partial charge on any atom is 0.271 e. The molecule has 2 fully saturated rings. The maximum atomic E-state index is 13.0. The summed E-state index contributed by atoms with van der Waals surface area (Å²) in [5, 5.41) is 14.1. The Kier molecular flexibility index (Phi) is 4.49. The van der Waals surface area contributed by atoms with Gasteiger partial charge in [0.1, 0.15) is 11.6 Å². The molecule has 8 heteroatoms. The Balaban J connectivity index is 1.63. The normalized spacial score (nSPS) is 17.4. The van der Waals surface area contributed by atoms with Crippen LogP contribution in [0.2, 0.25) is 0 Å². The summed E-state index contributed by atoms with van der Waals surface area (Å²) in [6.45, 7) is 5.23. The van der Waals surface area contributed by atoms with E-state index in [0.29, 0.717) is 28.3 Å². The number of nitro benzene ring substituents is 1. The molecule has 0 radical (unpaired) electrons. The Morgan fingerprint density at radius 2 is 1.86 bits per heavy atom. The quantitative estimate of drug-likeness (QED) is 0.641. The molecule has 2 heterocycles. The van der Waals surface area contributed by atoms with Crippen molar-refractivity contribution in [1.29, 1.82) is 0 Å². The molecule has 0 atom stereocenters. The lowest BCUT2D eigenvalue weighted by Gasteiger charge is -2.34. The van der Waals surface area contributed by atoms with Gasteiger partial charge < -0.3 is 10.2 Å².